The van der Waals surface area contributed by atoms with E-state index in [4.69, 9.17) is 9.15 Å². The molecule has 1 aromatic carbocycles. The van der Waals surface area contributed by atoms with Gasteiger partial charge in [-0.3, -0.25) is 4.57 Å². The highest BCUT2D eigenvalue weighted by atomic mass is 32.2. The summed E-state index contributed by atoms with van der Waals surface area (Å²) >= 11 is 1.58. The van der Waals surface area contributed by atoms with Gasteiger partial charge in [0.1, 0.15) is 0 Å². The third kappa shape index (κ3) is 4.18. The van der Waals surface area contributed by atoms with Crippen LogP contribution in [0.1, 0.15) is 38.1 Å². The minimum absolute atomic E-state index is 0.281. The Morgan fingerprint density at radius 3 is 2.74 bits per heavy atom. The molecule has 0 amide bonds. The van der Waals surface area contributed by atoms with E-state index in [1.807, 2.05) is 12.1 Å². The van der Waals surface area contributed by atoms with Crippen LogP contribution in [0, 0.1) is 5.82 Å². The fourth-order valence-corrected chi connectivity index (χ4v) is 4.29. The Labute approximate surface area is 161 Å². The van der Waals surface area contributed by atoms with Gasteiger partial charge in [0.25, 0.3) is 0 Å². The number of halogens is 1. The molecule has 2 aromatic heterocycles. The predicted molar refractivity (Wildman–Crippen MR) is 102 cm³/mol. The molecule has 0 unspecified atom stereocenters. The highest BCUT2D eigenvalue weighted by molar-refractivity contribution is 7.99. The van der Waals surface area contributed by atoms with Gasteiger partial charge in [0.2, 0.25) is 5.82 Å². The molecule has 3 aromatic rings. The van der Waals surface area contributed by atoms with Crippen LogP contribution in [0.25, 0.3) is 11.6 Å². The molecule has 0 saturated heterocycles. The predicted octanol–water partition coefficient (Wildman–Crippen LogP) is 5.35. The van der Waals surface area contributed by atoms with Gasteiger partial charge in [-0.1, -0.05) is 43.2 Å². The molecule has 4 rings (SSSR count). The Bertz CT molecular complexity index is 860. The lowest BCUT2D eigenvalue weighted by atomic mass is 9.95. The zero-order valence-corrected chi connectivity index (χ0v) is 15.8. The Morgan fingerprint density at radius 1 is 1.11 bits per heavy atom. The summed E-state index contributed by atoms with van der Waals surface area (Å²) in [7, 11) is 0. The van der Waals surface area contributed by atoms with Gasteiger partial charge in [-0.2, -0.15) is 0 Å². The molecular formula is C20H22FN3O2S. The van der Waals surface area contributed by atoms with E-state index in [0.29, 0.717) is 18.4 Å². The van der Waals surface area contributed by atoms with Crippen LogP contribution < -0.4 is 4.74 Å². The van der Waals surface area contributed by atoms with Gasteiger partial charge in [0.05, 0.1) is 12.9 Å². The molecule has 7 heteroatoms. The van der Waals surface area contributed by atoms with Crippen molar-refractivity contribution in [2.24, 2.45) is 0 Å². The van der Waals surface area contributed by atoms with E-state index in [-0.39, 0.29) is 11.6 Å². The van der Waals surface area contributed by atoms with Crippen LogP contribution in [0.4, 0.5) is 4.39 Å². The second-order valence-electron chi connectivity index (χ2n) is 6.57. The lowest BCUT2D eigenvalue weighted by molar-refractivity contribution is 0.323. The third-order valence-corrected chi connectivity index (χ3v) is 5.66. The van der Waals surface area contributed by atoms with Gasteiger partial charge in [0, 0.05) is 11.8 Å². The molecule has 0 atom stereocenters. The molecule has 5 nitrogen and oxygen atoms in total. The number of furan rings is 1. The van der Waals surface area contributed by atoms with Crippen LogP contribution >= 0.6 is 11.8 Å². The zero-order valence-electron chi connectivity index (χ0n) is 15.0. The molecule has 0 aliphatic heterocycles. The lowest BCUT2D eigenvalue weighted by Crippen LogP contribution is -2.15. The summed E-state index contributed by atoms with van der Waals surface area (Å²) in [5, 5.41) is 9.64. The highest BCUT2D eigenvalue weighted by Gasteiger charge is 2.24. The quantitative estimate of drug-likeness (QED) is 0.404. The van der Waals surface area contributed by atoms with Crippen molar-refractivity contribution in [1.29, 1.82) is 0 Å². The van der Waals surface area contributed by atoms with Crippen LogP contribution in [-0.4, -0.2) is 27.1 Å². The Balaban J connectivity index is 1.46. The van der Waals surface area contributed by atoms with Gasteiger partial charge >= 0.3 is 0 Å². The number of aromatic nitrogens is 3. The van der Waals surface area contributed by atoms with Gasteiger partial charge in [-0.25, -0.2) is 4.39 Å². The second kappa shape index (κ2) is 8.61. The normalized spacial score (nSPS) is 15.1. The van der Waals surface area contributed by atoms with E-state index in [0.717, 1.165) is 29.6 Å². The minimum atomic E-state index is -0.340. The van der Waals surface area contributed by atoms with E-state index >= 15 is 0 Å². The molecule has 0 N–H and O–H groups in total. The van der Waals surface area contributed by atoms with Crippen molar-refractivity contribution in [2.75, 3.05) is 12.4 Å². The summed E-state index contributed by atoms with van der Waals surface area (Å²) in [6, 6.07) is 10.6. The average Bonchev–Trinajstić information content (AvgIpc) is 3.37. The number of para-hydroxylation sites is 1. The fourth-order valence-electron chi connectivity index (χ4n) is 3.46. The molecule has 0 bridgehead atoms. The Morgan fingerprint density at radius 2 is 1.96 bits per heavy atom. The highest BCUT2D eigenvalue weighted by Crippen LogP contribution is 2.35. The molecule has 2 heterocycles. The fraction of sp³-hybridized carbons (Fsp3) is 0.400. The summed E-state index contributed by atoms with van der Waals surface area (Å²) in [5.41, 5.74) is 0. The number of ether oxygens (including phenoxy) is 1. The molecule has 27 heavy (non-hydrogen) atoms. The van der Waals surface area contributed by atoms with Gasteiger partial charge in [-0.15, -0.1) is 10.2 Å². The third-order valence-electron chi connectivity index (χ3n) is 4.75. The second-order valence-corrected chi connectivity index (χ2v) is 7.63. The minimum Gasteiger partial charge on any atom is -0.490 e. The van der Waals surface area contributed by atoms with Crippen LogP contribution in [0.2, 0.25) is 0 Å². The van der Waals surface area contributed by atoms with E-state index in [2.05, 4.69) is 14.8 Å². The molecule has 1 aliphatic rings. The molecular weight excluding hydrogens is 365 g/mol. The maximum absolute atomic E-state index is 13.6. The maximum Gasteiger partial charge on any atom is 0.200 e. The van der Waals surface area contributed by atoms with Crippen molar-refractivity contribution >= 4 is 11.8 Å². The van der Waals surface area contributed by atoms with E-state index in [1.54, 1.807) is 36.2 Å². The van der Waals surface area contributed by atoms with Crippen molar-refractivity contribution in [3.8, 4) is 17.3 Å². The molecule has 0 radical (unpaired) electrons. The van der Waals surface area contributed by atoms with E-state index < -0.39 is 0 Å². The summed E-state index contributed by atoms with van der Waals surface area (Å²) < 4.78 is 27.0. The van der Waals surface area contributed by atoms with Crippen molar-refractivity contribution in [1.82, 2.24) is 14.8 Å². The number of thioether (sulfide) groups is 1. The average molecular weight is 387 g/mol. The van der Waals surface area contributed by atoms with Crippen molar-refractivity contribution in [3.63, 3.8) is 0 Å². The van der Waals surface area contributed by atoms with Gasteiger partial charge in [-0.05, 0) is 37.1 Å². The largest absolute Gasteiger partial charge is 0.490 e. The first kappa shape index (κ1) is 18.1. The number of rotatable bonds is 7. The van der Waals surface area contributed by atoms with Crippen LogP contribution in [0.3, 0.4) is 0 Å². The van der Waals surface area contributed by atoms with Crippen LogP contribution in [-0.2, 0) is 0 Å². The van der Waals surface area contributed by atoms with Crippen molar-refractivity contribution in [2.45, 2.75) is 43.3 Å². The van der Waals surface area contributed by atoms with Crippen LogP contribution in [0.5, 0.6) is 5.75 Å². The monoisotopic (exact) mass is 387 g/mol. The summed E-state index contributed by atoms with van der Waals surface area (Å²) in [4.78, 5) is 0. The topological polar surface area (TPSA) is 53.1 Å². The van der Waals surface area contributed by atoms with E-state index in [1.165, 1.54) is 25.3 Å². The Kier molecular flexibility index (Phi) is 5.77. The first-order chi connectivity index (χ1) is 13.3. The molecule has 1 aliphatic carbocycles. The Hall–Kier alpha value is -2.28. The lowest BCUT2D eigenvalue weighted by Gasteiger charge is -2.25. The summed E-state index contributed by atoms with van der Waals surface area (Å²) in [6.07, 6.45) is 7.65. The standard InChI is InChI=1S/C20H22FN3O2S/c21-16-9-4-5-10-17(16)26-13-14-27-20-23-22-19(18-11-6-12-25-18)24(20)15-7-2-1-3-8-15/h4-6,9-12,15H,1-3,7-8,13-14H2. The molecule has 1 fully saturated rings. The first-order valence-electron chi connectivity index (χ1n) is 9.32. The van der Waals surface area contributed by atoms with Gasteiger partial charge < -0.3 is 9.15 Å². The van der Waals surface area contributed by atoms with E-state index in [9.17, 15) is 4.39 Å². The van der Waals surface area contributed by atoms with Crippen molar-refractivity contribution in [3.05, 3.63) is 48.5 Å². The molecule has 142 valence electrons. The van der Waals surface area contributed by atoms with Gasteiger partial charge in [0.15, 0.2) is 22.5 Å². The zero-order chi connectivity index (χ0) is 18.5. The molecule has 0 spiro atoms. The number of benzene rings is 1. The molecule has 1 saturated carbocycles. The number of nitrogens with zero attached hydrogens (tertiary/aromatic N) is 3. The smallest absolute Gasteiger partial charge is 0.200 e. The first-order valence-corrected chi connectivity index (χ1v) is 10.3. The number of hydrogen-bond donors (Lipinski definition) is 0. The summed E-state index contributed by atoms with van der Waals surface area (Å²) in [5.74, 6) is 2.13. The summed E-state index contributed by atoms with van der Waals surface area (Å²) in [6.45, 7) is 0.402. The van der Waals surface area contributed by atoms with Crippen LogP contribution in [0.15, 0.2) is 52.2 Å². The maximum atomic E-state index is 13.6. The SMILES string of the molecule is Fc1ccccc1OCCSc1nnc(-c2ccco2)n1C1CCCCC1. The number of hydrogen-bond acceptors (Lipinski definition) is 5. The van der Waals surface area contributed by atoms with Crippen molar-refractivity contribution < 1.29 is 13.5 Å².